The van der Waals surface area contributed by atoms with Crippen molar-refractivity contribution >= 4 is 5.91 Å². The van der Waals surface area contributed by atoms with Crippen LogP contribution in [0, 0.1) is 6.92 Å². The molecule has 9 nitrogen and oxygen atoms in total. The third-order valence-electron chi connectivity index (χ3n) is 6.39. The van der Waals surface area contributed by atoms with Crippen LogP contribution in [-0.4, -0.2) is 72.9 Å². The maximum absolute atomic E-state index is 13.8. The Hall–Kier alpha value is -3.25. The molecule has 2 atom stereocenters. The van der Waals surface area contributed by atoms with Crippen LogP contribution in [0.5, 0.6) is 0 Å². The highest BCUT2D eigenvalue weighted by atomic mass is 19.4. The molecule has 0 spiro atoms. The lowest BCUT2D eigenvalue weighted by molar-refractivity contribution is -0.272. The second-order valence-electron chi connectivity index (χ2n) is 8.81. The van der Waals surface area contributed by atoms with E-state index in [1.54, 1.807) is 0 Å². The molecule has 1 aliphatic rings. The fourth-order valence-electron chi connectivity index (χ4n) is 4.14. The zero-order valence-electron chi connectivity index (χ0n) is 19.7. The van der Waals surface area contributed by atoms with Crippen LogP contribution in [0.2, 0.25) is 0 Å². The average Bonchev–Trinajstić information content (AvgIpc) is 3.48. The molecule has 3 heterocycles. The summed E-state index contributed by atoms with van der Waals surface area (Å²) in [6.45, 7) is 5.10. The van der Waals surface area contributed by atoms with E-state index in [4.69, 9.17) is 4.52 Å². The van der Waals surface area contributed by atoms with Gasteiger partial charge < -0.3 is 19.1 Å². The third kappa shape index (κ3) is 4.94. The third-order valence-corrected chi connectivity index (χ3v) is 6.39. The largest absolute Gasteiger partial charge is 0.425 e. The Kier molecular flexibility index (Phi) is 6.69. The summed E-state index contributed by atoms with van der Waals surface area (Å²) in [5.74, 6) is -0.520. The Morgan fingerprint density at radius 3 is 2.40 bits per heavy atom. The molecule has 0 aliphatic carbocycles. The number of piperazine rings is 1. The van der Waals surface area contributed by atoms with Gasteiger partial charge in [0, 0.05) is 51.2 Å². The van der Waals surface area contributed by atoms with Gasteiger partial charge in [-0.1, -0.05) is 35.0 Å². The summed E-state index contributed by atoms with van der Waals surface area (Å²) in [7, 11) is 1.34. The minimum absolute atomic E-state index is 0.205. The molecule has 0 bridgehead atoms. The lowest BCUT2D eigenvalue weighted by atomic mass is 9.96. The highest BCUT2D eigenvalue weighted by Gasteiger charge is 2.59. The van der Waals surface area contributed by atoms with E-state index >= 15 is 0 Å². The van der Waals surface area contributed by atoms with E-state index in [1.165, 1.54) is 18.1 Å². The summed E-state index contributed by atoms with van der Waals surface area (Å²) in [6.07, 6.45) is -3.76. The molecule has 2 aromatic heterocycles. The van der Waals surface area contributed by atoms with Gasteiger partial charge in [0.1, 0.15) is 0 Å². The number of carbonyl (C=O) groups is 1. The van der Waals surface area contributed by atoms with Crippen molar-refractivity contribution in [2.45, 2.75) is 38.1 Å². The molecule has 12 heteroatoms. The summed E-state index contributed by atoms with van der Waals surface area (Å²) in [6, 6.07) is 7.49. The predicted octanol–water partition coefficient (Wildman–Crippen LogP) is 2.82. The number of aromatic nitrogens is 4. The van der Waals surface area contributed by atoms with Crippen LogP contribution in [0.25, 0.3) is 11.4 Å². The molecule has 3 aromatic rings. The number of carbonyl (C=O) groups excluding carboxylic acids is 1. The number of imidazole rings is 1. The van der Waals surface area contributed by atoms with Crippen LogP contribution < -0.4 is 0 Å². The number of hydrogen-bond donors (Lipinski definition) is 1. The van der Waals surface area contributed by atoms with Crippen molar-refractivity contribution in [3.8, 4) is 11.4 Å². The number of benzene rings is 1. The minimum Gasteiger partial charge on any atom is -0.374 e. The Balaban J connectivity index is 1.39. The summed E-state index contributed by atoms with van der Waals surface area (Å²) < 4.78 is 47.8. The topological polar surface area (TPSA) is 101 Å². The number of aliphatic hydroxyl groups is 1. The van der Waals surface area contributed by atoms with E-state index in [0.717, 1.165) is 21.9 Å². The van der Waals surface area contributed by atoms with Crippen LogP contribution in [0.15, 0.2) is 41.2 Å². The lowest BCUT2D eigenvalue weighted by Crippen LogP contribution is -2.53. The first-order chi connectivity index (χ1) is 16.5. The summed E-state index contributed by atoms with van der Waals surface area (Å²) >= 11 is 0. The van der Waals surface area contributed by atoms with Gasteiger partial charge in [-0.25, -0.2) is 4.98 Å². The molecule has 1 aromatic carbocycles. The Morgan fingerprint density at radius 1 is 1.17 bits per heavy atom. The molecule has 2 unspecified atom stereocenters. The number of halogens is 3. The van der Waals surface area contributed by atoms with Crippen molar-refractivity contribution in [3.63, 3.8) is 0 Å². The van der Waals surface area contributed by atoms with Crippen LogP contribution in [0.3, 0.4) is 0 Å². The maximum atomic E-state index is 13.8. The Morgan fingerprint density at radius 2 is 1.83 bits per heavy atom. The highest BCUT2D eigenvalue weighted by molar-refractivity contribution is 5.77. The van der Waals surface area contributed by atoms with Crippen molar-refractivity contribution in [2.24, 2.45) is 7.05 Å². The number of aryl methyl sites for hydroxylation is 2. The molecular formula is C23H27F3N6O3. The van der Waals surface area contributed by atoms with Gasteiger partial charge in [0.05, 0.1) is 12.5 Å². The predicted molar refractivity (Wildman–Crippen MR) is 119 cm³/mol. The van der Waals surface area contributed by atoms with E-state index in [9.17, 15) is 23.1 Å². The van der Waals surface area contributed by atoms with Gasteiger partial charge in [0.2, 0.25) is 23.2 Å². The van der Waals surface area contributed by atoms with E-state index in [-0.39, 0.29) is 19.1 Å². The van der Waals surface area contributed by atoms with E-state index < -0.39 is 29.9 Å². The fraction of sp³-hybridized carbons (Fsp3) is 0.478. The second kappa shape index (κ2) is 9.42. The molecule has 4 rings (SSSR count). The maximum Gasteiger partial charge on any atom is 0.425 e. The molecule has 0 radical (unpaired) electrons. The molecule has 1 N–H and O–H groups in total. The summed E-state index contributed by atoms with van der Waals surface area (Å²) in [4.78, 5) is 24.2. The summed E-state index contributed by atoms with van der Waals surface area (Å²) in [5, 5.41) is 14.5. The fourth-order valence-corrected chi connectivity index (χ4v) is 4.14. The first-order valence-corrected chi connectivity index (χ1v) is 11.2. The molecule has 35 heavy (non-hydrogen) atoms. The zero-order chi connectivity index (χ0) is 25.4. The van der Waals surface area contributed by atoms with Crippen LogP contribution in [0.4, 0.5) is 13.2 Å². The number of nitrogens with zero attached hydrogens (tertiary/aromatic N) is 6. The molecule has 1 aliphatic heterocycles. The average molecular weight is 493 g/mol. The second-order valence-corrected chi connectivity index (χ2v) is 8.81. The van der Waals surface area contributed by atoms with Gasteiger partial charge in [-0.2, -0.15) is 18.2 Å². The van der Waals surface area contributed by atoms with Gasteiger partial charge >= 0.3 is 6.18 Å². The smallest absolute Gasteiger partial charge is 0.374 e. The van der Waals surface area contributed by atoms with Gasteiger partial charge in [-0.15, -0.1) is 0 Å². The van der Waals surface area contributed by atoms with Crippen molar-refractivity contribution in [2.75, 3.05) is 26.2 Å². The van der Waals surface area contributed by atoms with Crippen LogP contribution in [0.1, 0.15) is 36.7 Å². The van der Waals surface area contributed by atoms with E-state index in [2.05, 4.69) is 15.1 Å². The number of hydrogen-bond acceptors (Lipinski definition) is 7. The molecule has 1 amide bonds. The minimum atomic E-state index is -5.06. The van der Waals surface area contributed by atoms with Crippen molar-refractivity contribution < 1.29 is 27.6 Å². The van der Waals surface area contributed by atoms with Crippen molar-refractivity contribution in [1.82, 2.24) is 29.5 Å². The van der Waals surface area contributed by atoms with Gasteiger partial charge in [0.25, 0.3) is 0 Å². The van der Waals surface area contributed by atoms with Crippen LogP contribution in [-0.2, 0) is 17.4 Å². The molecule has 1 fully saturated rings. The number of rotatable bonds is 6. The Labute approximate surface area is 200 Å². The van der Waals surface area contributed by atoms with Crippen molar-refractivity contribution in [1.29, 1.82) is 0 Å². The molecular weight excluding hydrogens is 465 g/mol. The SMILES string of the molecule is Cc1ccc(-c2noc(C(C)N3CCN(C(=O)CC(O)(c4nccn4C)C(F)(F)F)CC3)n2)cc1. The quantitative estimate of drug-likeness (QED) is 0.565. The number of alkyl halides is 3. The normalized spacial score (nSPS) is 17.9. The standard InChI is InChI=1S/C23H27F3N6O3/c1-15-4-6-17(7-5-15)19-28-20(35-29-19)16(2)31-10-12-32(13-11-31)18(33)14-22(34,23(24,25)26)21-27-8-9-30(21)3/h4-9,16,34H,10-14H2,1-3H3. The van der Waals surface area contributed by atoms with Gasteiger partial charge in [0.15, 0.2) is 5.82 Å². The first-order valence-electron chi connectivity index (χ1n) is 11.2. The van der Waals surface area contributed by atoms with Crippen molar-refractivity contribution in [3.05, 3.63) is 53.9 Å². The molecule has 188 valence electrons. The van der Waals surface area contributed by atoms with E-state index in [0.29, 0.717) is 24.8 Å². The van der Waals surface area contributed by atoms with Gasteiger partial charge in [-0.3, -0.25) is 9.69 Å². The lowest BCUT2D eigenvalue weighted by Gasteiger charge is -2.38. The highest BCUT2D eigenvalue weighted by Crippen LogP contribution is 2.41. The monoisotopic (exact) mass is 492 g/mol. The zero-order valence-corrected chi connectivity index (χ0v) is 19.7. The Bertz CT molecular complexity index is 1170. The molecule has 1 saturated heterocycles. The first kappa shape index (κ1) is 24.9. The summed E-state index contributed by atoms with van der Waals surface area (Å²) in [5.41, 5.74) is -1.42. The van der Waals surface area contributed by atoms with E-state index in [1.807, 2.05) is 43.0 Å². The van der Waals surface area contributed by atoms with Gasteiger partial charge in [-0.05, 0) is 13.8 Å². The van der Waals surface area contributed by atoms with Crippen LogP contribution >= 0.6 is 0 Å². The number of amides is 1. The molecule has 0 saturated carbocycles.